The molecule has 0 saturated carbocycles. The number of carbonyl (C=O) groups excluding carboxylic acids is 2. The predicted octanol–water partition coefficient (Wildman–Crippen LogP) is 3.03. The number of imide groups is 1. The summed E-state index contributed by atoms with van der Waals surface area (Å²) in [4.78, 5) is 33.4. The van der Waals surface area contributed by atoms with E-state index in [1.165, 1.54) is 10.5 Å². The van der Waals surface area contributed by atoms with Crippen molar-refractivity contribution < 1.29 is 9.59 Å². The van der Waals surface area contributed by atoms with Gasteiger partial charge in [0.05, 0.1) is 17.5 Å². The third kappa shape index (κ3) is 3.34. The van der Waals surface area contributed by atoms with Crippen LogP contribution in [-0.4, -0.2) is 60.4 Å². The SMILES string of the molecule is CCN(CC)CCN1CC(C)C2C(C)=CC1C1C(=O)N(c3ccccc3)C(=O)C21. The predicted molar refractivity (Wildman–Crippen MR) is 115 cm³/mol. The van der Waals surface area contributed by atoms with E-state index in [4.69, 9.17) is 0 Å². The lowest BCUT2D eigenvalue weighted by Gasteiger charge is -2.36. The number of hydrogen-bond donors (Lipinski definition) is 0. The number of anilines is 1. The molecule has 5 atom stereocenters. The van der Waals surface area contributed by atoms with Crippen LogP contribution in [0.25, 0.3) is 0 Å². The van der Waals surface area contributed by atoms with Crippen molar-refractivity contribution in [3.05, 3.63) is 42.0 Å². The van der Waals surface area contributed by atoms with E-state index in [2.05, 4.69) is 43.6 Å². The first-order chi connectivity index (χ1) is 14.0. The maximum Gasteiger partial charge on any atom is 0.239 e. The molecule has 0 spiro atoms. The summed E-state index contributed by atoms with van der Waals surface area (Å²) in [6.07, 6.45) is 2.29. The molecule has 2 fully saturated rings. The second-order valence-corrected chi connectivity index (χ2v) is 8.83. The topological polar surface area (TPSA) is 43.9 Å². The minimum absolute atomic E-state index is 0.00825. The van der Waals surface area contributed by atoms with E-state index in [1.54, 1.807) is 0 Å². The Morgan fingerprint density at radius 1 is 1.00 bits per heavy atom. The van der Waals surface area contributed by atoms with Crippen molar-refractivity contribution in [2.75, 3.05) is 37.6 Å². The van der Waals surface area contributed by atoms with Gasteiger partial charge in [0.25, 0.3) is 0 Å². The van der Waals surface area contributed by atoms with Crippen LogP contribution in [0.3, 0.4) is 0 Å². The molecule has 4 aliphatic rings. The van der Waals surface area contributed by atoms with Gasteiger partial charge in [-0.25, -0.2) is 4.90 Å². The molecule has 5 heteroatoms. The second kappa shape index (κ2) is 8.04. The number of carbonyl (C=O) groups is 2. The Morgan fingerprint density at radius 3 is 2.31 bits per heavy atom. The molecule has 3 heterocycles. The zero-order valence-electron chi connectivity index (χ0n) is 18.0. The molecule has 1 aliphatic carbocycles. The van der Waals surface area contributed by atoms with Crippen molar-refractivity contribution in [1.82, 2.24) is 9.80 Å². The maximum atomic E-state index is 13.5. The van der Waals surface area contributed by atoms with Gasteiger partial charge in [-0.2, -0.15) is 0 Å². The van der Waals surface area contributed by atoms with Crippen LogP contribution in [0.5, 0.6) is 0 Å². The highest BCUT2D eigenvalue weighted by atomic mass is 16.2. The van der Waals surface area contributed by atoms with Crippen LogP contribution >= 0.6 is 0 Å². The van der Waals surface area contributed by atoms with Crippen LogP contribution in [0.2, 0.25) is 0 Å². The molecule has 29 heavy (non-hydrogen) atoms. The molecule has 156 valence electrons. The van der Waals surface area contributed by atoms with Gasteiger partial charge < -0.3 is 4.90 Å². The van der Waals surface area contributed by atoms with Gasteiger partial charge in [0.1, 0.15) is 0 Å². The van der Waals surface area contributed by atoms with Crippen LogP contribution in [0.4, 0.5) is 5.69 Å². The van der Waals surface area contributed by atoms with Crippen molar-refractivity contribution in [2.45, 2.75) is 33.7 Å². The van der Waals surface area contributed by atoms with Gasteiger partial charge in [-0.1, -0.05) is 50.6 Å². The van der Waals surface area contributed by atoms with Gasteiger partial charge in [0, 0.05) is 25.7 Å². The lowest BCUT2D eigenvalue weighted by Crippen LogP contribution is -2.47. The normalized spacial score (nSPS) is 32.0. The Morgan fingerprint density at radius 2 is 1.66 bits per heavy atom. The fourth-order valence-electron chi connectivity index (χ4n) is 5.84. The highest BCUT2D eigenvalue weighted by Crippen LogP contribution is 2.49. The number of benzene rings is 1. The van der Waals surface area contributed by atoms with Gasteiger partial charge in [0.2, 0.25) is 11.8 Å². The zero-order valence-corrected chi connectivity index (χ0v) is 18.0. The number of rotatable bonds is 6. The summed E-state index contributed by atoms with van der Waals surface area (Å²) < 4.78 is 0. The summed E-state index contributed by atoms with van der Waals surface area (Å²) in [6, 6.07) is 9.44. The summed E-state index contributed by atoms with van der Waals surface area (Å²) >= 11 is 0. The summed E-state index contributed by atoms with van der Waals surface area (Å²) in [5, 5.41) is 0. The van der Waals surface area contributed by atoms with Crippen LogP contribution in [0.1, 0.15) is 27.7 Å². The molecular weight excluding hydrogens is 362 g/mol. The van der Waals surface area contributed by atoms with Crippen molar-refractivity contribution in [2.24, 2.45) is 23.7 Å². The fourth-order valence-corrected chi connectivity index (χ4v) is 5.84. The monoisotopic (exact) mass is 395 g/mol. The lowest BCUT2D eigenvalue weighted by molar-refractivity contribution is -0.123. The van der Waals surface area contributed by atoms with Crippen molar-refractivity contribution >= 4 is 17.5 Å². The Labute approximate surface area is 174 Å². The van der Waals surface area contributed by atoms with E-state index >= 15 is 0 Å². The molecule has 2 saturated heterocycles. The lowest BCUT2D eigenvalue weighted by atomic mass is 9.68. The van der Waals surface area contributed by atoms with Gasteiger partial charge in [-0.15, -0.1) is 0 Å². The first-order valence-electron chi connectivity index (χ1n) is 11.1. The van der Waals surface area contributed by atoms with Crippen molar-refractivity contribution in [1.29, 1.82) is 0 Å². The highest BCUT2D eigenvalue weighted by molar-refractivity contribution is 6.22. The summed E-state index contributed by atoms with van der Waals surface area (Å²) in [5.41, 5.74) is 1.99. The maximum absolute atomic E-state index is 13.5. The largest absolute Gasteiger partial charge is 0.303 e. The van der Waals surface area contributed by atoms with E-state index in [1.807, 2.05) is 30.3 Å². The Kier molecular flexibility index (Phi) is 5.63. The molecule has 5 rings (SSSR count). The van der Waals surface area contributed by atoms with Crippen molar-refractivity contribution in [3.63, 3.8) is 0 Å². The number of amides is 2. The molecule has 3 aliphatic heterocycles. The number of para-hydroxylation sites is 1. The van der Waals surface area contributed by atoms with Crippen LogP contribution < -0.4 is 4.90 Å². The van der Waals surface area contributed by atoms with Gasteiger partial charge >= 0.3 is 0 Å². The number of nitrogens with zero attached hydrogens (tertiary/aromatic N) is 3. The molecule has 0 aromatic heterocycles. The van der Waals surface area contributed by atoms with E-state index in [0.717, 1.165) is 32.7 Å². The highest BCUT2D eigenvalue weighted by Gasteiger charge is 2.59. The Bertz CT molecular complexity index is 802. The Balaban J connectivity index is 1.68. The quantitative estimate of drug-likeness (QED) is 0.549. The van der Waals surface area contributed by atoms with E-state index in [0.29, 0.717) is 11.6 Å². The van der Waals surface area contributed by atoms with Crippen LogP contribution in [0, 0.1) is 23.7 Å². The molecule has 0 radical (unpaired) electrons. The molecule has 2 amide bonds. The zero-order chi connectivity index (χ0) is 20.7. The molecular formula is C24H33N3O2. The second-order valence-electron chi connectivity index (χ2n) is 8.83. The number of hydrogen-bond acceptors (Lipinski definition) is 4. The van der Waals surface area contributed by atoms with E-state index in [9.17, 15) is 9.59 Å². The van der Waals surface area contributed by atoms with Gasteiger partial charge in [-0.05, 0) is 44.0 Å². The third-order valence-corrected chi connectivity index (χ3v) is 7.28. The third-order valence-electron chi connectivity index (χ3n) is 7.28. The minimum Gasteiger partial charge on any atom is -0.303 e. The van der Waals surface area contributed by atoms with Gasteiger partial charge in [0.15, 0.2) is 0 Å². The molecule has 1 aromatic rings. The number of fused-ring (bicyclic) bond motifs is 2. The molecule has 1 aromatic carbocycles. The summed E-state index contributed by atoms with van der Waals surface area (Å²) in [6.45, 7) is 13.7. The van der Waals surface area contributed by atoms with Crippen LogP contribution in [0.15, 0.2) is 42.0 Å². The Hall–Kier alpha value is -1.98. The number of likely N-dealkylation sites (N-methyl/N-ethyl adjacent to an activating group) is 1. The van der Waals surface area contributed by atoms with E-state index < -0.39 is 0 Å². The molecule has 0 N–H and O–H groups in total. The van der Waals surface area contributed by atoms with E-state index in [-0.39, 0.29) is 35.6 Å². The molecule has 5 unspecified atom stereocenters. The minimum atomic E-state index is -0.266. The molecule has 5 nitrogen and oxygen atoms in total. The van der Waals surface area contributed by atoms with Crippen molar-refractivity contribution in [3.8, 4) is 0 Å². The average molecular weight is 396 g/mol. The molecule has 2 bridgehead atoms. The standard InChI is InChI=1S/C24H33N3O2/c1-5-25(6-2)12-13-26-15-17(4)20-16(3)14-19(26)21-22(20)24(29)27(23(21)28)18-10-8-7-9-11-18/h7-11,14,17,19-22H,5-6,12-13,15H2,1-4H3. The van der Waals surface area contributed by atoms with Gasteiger partial charge in [-0.3, -0.25) is 14.5 Å². The first kappa shape index (κ1) is 20.3. The summed E-state index contributed by atoms with van der Waals surface area (Å²) in [5.74, 6) is -0.0162. The first-order valence-corrected chi connectivity index (χ1v) is 11.1. The smallest absolute Gasteiger partial charge is 0.239 e. The number of allylic oxidation sites excluding steroid dienone is 1. The van der Waals surface area contributed by atoms with Crippen LogP contribution in [-0.2, 0) is 9.59 Å². The average Bonchev–Trinajstić information content (AvgIpc) is 2.83. The summed E-state index contributed by atoms with van der Waals surface area (Å²) in [7, 11) is 0. The fraction of sp³-hybridized carbons (Fsp3) is 0.583.